The van der Waals surface area contributed by atoms with Crippen molar-refractivity contribution in [2.75, 3.05) is 43.5 Å². The minimum Gasteiger partial charge on any atom is -0.497 e. The van der Waals surface area contributed by atoms with Crippen LogP contribution < -0.4 is 20.3 Å². The Bertz CT molecular complexity index is 1640. The molecule has 1 aliphatic rings. The molecule has 0 spiro atoms. The van der Waals surface area contributed by atoms with Crippen LogP contribution in [0.1, 0.15) is 48.4 Å². The van der Waals surface area contributed by atoms with Crippen LogP contribution in [0.2, 0.25) is 0 Å². The topological polar surface area (TPSA) is 128 Å². The van der Waals surface area contributed by atoms with E-state index in [0.717, 1.165) is 4.88 Å². The number of nitrogens with zero attached hydrogens (tertiary/aromatic N) is 2. The lowest BCUT2D eigenvalue weighted by Gasteiger charge is -2.37. The lowest BCUT2D eigenvalue weighted by atomic mass is 10.1. The van der Waals surface area contributed by atoms with Crippen molar-refractivity contribution < 1.29 is 29.0 Å². The van der Waals surface area contributed by atoms with Crippen LogP contribution in [0.3, 0.4) is 0 Å². The van der Waals surface area contributed by atoms with Gasteiger partial charge < -0.3 is 30.3 Å². The molecule has 3 aromatic carbocycles. The first-order valence-corrected chi connectivity index (χ1v) is 14.9. The van der Waals surface area contributed by atoms with Crippen LogP contribution in [-0.2, 0) is 4.79 Å². The van der Waals surface area contributed by atoms with Crippen molar-refractivity contribution >= 4 is 46.4 Å². The number of rotatable bonds is 10. The molecule has 1 aromatic heterocycles. The van der Waals surface area contributed by atoms with E-state index in [2.05, 4.69) is 15.5 Å². The number of anilines is 2. The number of piperazine rings is 1. The molecule has 226 valence electrons. The number of hydrogen-bond acceptors (Lipinski definition) is 7. The Morgan fingerprint density at radius 1 is 0.841 bits per heavy atom. The predicted octanol–water partition coefficient (Wildman–Crippen LogP) is 4.92. The minimum atomic E-state index is -1.03. The van der Waals surface area contributed by atoms with Crippen LogP contribution >= 0.6 is 11.3 Å². The summed E-state index contributed by atoms with van der Waals surface area (Å²) in [5.74, 6) is -1.39. The number of amides is 3. The number of aliphatic carboxylic acids is 1. The maximum atomic E-state index is 13.4. The van der Waals surface area contributed by atoms with Crippen molar-refractivity contribution in [2.24, 2.45) is 0 Å². The second-order valence-electron chi connectivity index (χ2n) is 10.2. The highest BCUT2D eigenvalue weighted by atomic mass is 32.1. The van der Waals surface area contributed by atoms with Gasteiger partial charge in [-0.3, -0.25) is 19.2 Å². The highest BCUT2D eigenvalue weighted by molar-refractivity contribution is 7.10. The van der Waals surface area contributed by atoms with E-state index in [0.29, 0.717) is 54.4 Å². The van der Waals surface area contributed by atoms with E-state index >= 15 is 0 Å². The second kappa shape index (κ2) is 13.9. The Morgan fingerprint density at radius 2 is 1.57 bits per heavy atom. The van der Waals surface area contributed by atoms with Crippen LogP contribution in [0.4, 0.5) is 11.4 Å². The number of carboxylic acid groups (broad SMARTS) is 1. The van der Waals surface area contributed by atoms with Crippen molar-refractivity contribution in [3.8, 4) is 5.75 Å². The Kier molecular flexibility index (Phi) is 9.56. The van der Waals surface area contributed by atoms with E-state index < -0.39 is 17.9 Å². The van der Waals surface area contributed by atoms with Gasteiger partial charge in [-0.25, -0.2) is 0 Å². The fraction of sp³-hybridized carbons (Fsp3) is 0.212. The lowest BCUT2D eigenvalue weighted by molar-refractivity contribution is -0.137. The molecule has 0 saturated carbocycles. The molecule has 1 saturated heterocycles. The maximum absolute atomic E-state index is 13.4. The summed E-state index contributed by atoms with van der Waals surface area (Å²) in [5.41, 5.74) is 2.39. The Morgan fingerprint density at radius 3 is 2.25 bits per heavy atom. The van der Waals surface area contributed by atoms with Crippen LogP contribution in [0, 0.1) is 0 Å². The van der Waals surface area contributed by atoms with Crippen molar-refractivity contribution in [2.45, 2.75) is 12.5 Å². The average Bonchev–Trinajstić information content (AvgIpc) is 3.60. The highest BCUT2D eigenvalue weighted by Crippen LogP contribution is 2.30. The van der Waals surface area contributed by atoms with E-state index in [1.54, 1.807) is 71.6 Å². The number of benzene rings is 3. The van der Waals surface area contributed by atoms with Gasteiger partial charge in [-0.2, -0.15) is 0 Å². The summed E-state index contributed by atoms with van der Waals surface area (Å²) in [4.78, 5) is 55.8. The molecule has 3 N–H and O–H groups in total. The fourth-order valence-electron chi connectivity index (χ4n) is 5.05. The molecule has 2 heterocycles. The molecule has 10 nitrogen and oxygen atoms in total. The van der Waals surface area contributed by atoms with Crippen LogP contribution in [-0.4, -0.2) is 67.0 Å². The minimum absolute atomic E-state index is 0.0366. The zero-order valence-corrected chi connectivity index (χ0v) is 24.9. The predicted molar refractivity (Wildman–Crippen MR) is 169 cm³/mol. The molecule has 0 bridgehead atoms. The van der Waals surface area contributed by atoms with Gasteiger partial charge in [0.2, 0.25) is 0 Å². The molecule has 11 heteroatoms. The number of methoxy groups -OCH3 is 1. The monoisotopic (exact) mass is 612 g/mol. The molecule has 1 aliphatic heterocycles. The number of ether oxygens (including phenoxy) is 1. The molecule has 44 heavy (non-hydrogen) atoms. The van der Waals surface area contributed by atoms with Gasteiger partial charge in [0.05, 0.1) is 30.9 Å². The molecule has 1 atom stereocenters. The van der Waals surface area contributed by atoms with E-state index in [1.165, 1.54) is 18.4 Å². The summed E-state index contributed by atoms with van der Waals surface area (Å²) < 4.78 is 5.27. The molecule has 3 amide bonds. The smallest absolute Gasteiger partial charge is 0.305 e. The van der Waals surface area contributed by atoms with Gasteiger partial charge in [0.25, 0.3) is 17.7 Å². The number of carbonyl (C=O) groups is 4. The summed E-state index contributed by atoms with van der Waals surface area (Å²) in [5, 5.41) is 17.0. The van der Waals surface area contributed by atoms with Gasteiger partial charge >= 0.3 is 5.97 Å². The van der Waals surface area contributed by atoms with Crippen molar-refractivity contribution in [1.82, 2.24) is 10.2 Å². The molecule has 1 fully saturated rings. The number of nitrogens with one attached hydrogen (secondary N) is 2. The molecule has 1 unspecified atom stereocenters. The van der Waals surface area contributed by atoms with E-state index in [9.17, 15) is 24.3 Å². The largest absolute Gasteiger partial charge is 0.497 e. The quantitative estimate of drug-likeness (QED) is 0.232. The maximum Gasteiger partial charge on any atom is 0.305 e. The molecule has 0 radical (unpaired) electrons. The molecule has 0 aliphatic carbocycles. The molecule has 4 aromatic rings. The molecular weight excluding hydrogens is 580 g/mol. The standard InChI is InChI=1S/C33H32N4O6S/c1-43-25-10-5-9-23(19-25)31(40)34-26-20-24(32(41)35-27(21-30(38)39)29-11-6-18-44-29)12-13-28(26)36-14-16-37(17-15-36)33(42)22-7-3-2-4-8-22/h2-13,18-20,27H,14-17,21H2,1H3,(H,34,40)(H,35,41)(H,38,39). The number of thiophene rings is 1. The summed E-state index contributed by atoms with van der Waals surface area (Å²) in [7, 11) is 1.52. The van der Waals surface area contributed by atoms with Crippen molar-refractivity contribution in [3.05, 3.63) is 112 Å². The first kappa shape index (κ1) is 30.3. The third-order valence-electron chi connectivity index (χ3n) is 7.34. The van der Waals surface area contributed by atoms with Gasteiger partial charge in [0.1, 0.15) is 5.75 Å². The SMILES string of the molecule is COc1cccc(C(=O)Nc2cc(C(=O)NC(CC(=O)O)c3cccs3)ccc2N2CCN(C(=O)c3ccccc3)CC2)c1. The molecule has 5 rings (SSSR count). The Balaban J connectivity index is 1.39. The van der Waals surface area contributed by atoms with Crippen molar-refractivity contribution in [1.29, 1.82) is 0 Å². The average molecular weight is 613 g/mol. The lowest BCUT2D eigenvalue weighted by Crippen LogP contribution is -2.49. The number of hydrogen-bond donors (Lipinski definition) is 3. The van der Waals surface area contributed by atoms with E-state index in [1.807, 2.05) is 23.6 Å². The third kappa shape index (κ3) is 7.24. The van der Waals surface area contributed by atoms with E-state index in [4.69, 9.17) is 4.74 Å². The number of carbonyl (C=O) groups excluding carboxylic acids is 3. The fourth-order valence-corrected chi connectivity index (χ4v) is 5.83. The number of carboxylic acids is 1. The van der Waals surface area contributed by atoms with Gasteiger partial charge in [-0.1, -0.05) is 30.3 Å². The zero-order valence-electron chi connectivity index (χ0n) is 24.1. The first-order chi connectivity index (χ1) is 21.3. The summed E-state index contributed by atoms with van der Waals surface area (Å²) in [6.07, 6.45) is -0.268. The third-order valence-corrected chi connectivity index (χ3v) is 8.32. The van der Waals surface area contributed by atoms with Crippen LogP contribution in [0.15, 0.2) is 90.3 Å². The van der Waals surface area contributed by atoms with Crippen LogP contribution in [0.5, 0.6) is 5.75 Å². The second-order valence-corrected chi connectivity index (χ2v) is 11.2. The zero-order chi connectivity index (χ0) is 31.1. The van der Waals surface area contributed by atoms with Gasteiger partial charge in [-0.05, 0) is 60.0 Å². The normalized spacial score (nSPS) is 13.6. The first-order valence-electron chi connectivity index (χ1n) is 14.1. The van der Waals surface area contributed by atoms with Gasteiger partial charge in [0, 0.05) is 47.7 Å². The Labute approximate surface area is 258 Å². The van der Waals surface area contributed by atoms with Gasteiger partial charge in [0.15, 0.2) is 0 Å². The summed E-state index contributed by atoms with van der Waals surface area (Å²) in [6, 6.07) is 23.8. The van der Waals surface area contributed by atoms with E-state index in [-0.39, 0.29) is 23.8 Å². The summed E-state index contributed by atoms with van der Waals surface area (Å²) >= 11 is 1.36. The Hall–Kier alpha value is -5.16. The van der Waals surface area contributed by atoms with Gasteiger partial charge in [-0.15, -0.1) is 11.3 Å². The molecular formula is C33H32N4O6S. The summed E-state index contributed by atoms with van der Waals surface area (Å²) in [6.45, 7) is 2.00. The highest BCUT2D eigenvalue weighted by Gasteiger charge is 2.26. The van der Waals surface area contributed by atoms with Crippen molar-refractivity contribution in [3.63, 3.8) is 0 Å². The van der Waals surface area contributed by atoms with Crippen LogP contribution in [0.25, 0.3) is 0 Å².